The van der Waals surface area contributed by atoms with Crippen LogP contribution in [-0.2, 0) is 11.2 Å². The van der Waals surface area contributed by atoms with Crippen molar-refractivity contribution >= 4 is 17.7 Å². The maximum atomic E-state index is 13.5. The molecule has 0 saturated carbocycles. The largest absolute Gasteiger partial charge is 0.465 e. The molecule has 0 radical (unpaired) electrons. The first kappa shape index (κ1) is 20.4. The van der Waals surface area contributed by atoms with Crippen LogP contribution in [0.15, 0.2) is 42.7 Å². The second-order valence-corrected chi connectivity index (χ2v) is 7.83. The first-order valence-corrected chi connectivity index (χ1v) is 9.27. The molecular formula is C21H25N3O5. The third kappa shape index (κ3) is 4.42. The molecule has 2 heterocycles. The van der Waals surface area contributed by atoms with Gasteiger partial charge < -0.3 is 19.5 Å². The van der Waals surface area contributed by atoms with Crippen molar-refractivity contribution in [3.05, 3.63) is 48.3 Å². The standard InChI is InChI=1S/C21H25N3O5/c1-21(2,3)24(20(26)27)16(11-14-7-9-22-10-8-14)19(25)23(4)15-5-6-17-18(12-15)29-13-28-17/h5-10,12,16H,11,13H2,1-4H3,(H,26,27)/t16-/m0/s1. The number of fused-ring (bicyclic) bond motifs is 1. The molecule has 0 aliphatic carbocycles. The lowest BCUT2D eigenvalue weighted by molar-refractivity contribution is -0.124. The molecule has 8 heteroatoms. The summed E-state index contributed by atoms with van der Waals surface area (Å²) in [6.07, 6.45) is 2.34. The molecule has 8 nitrogen and oxygen atoms in total. The van der Waals surface area contributed by atoms with Gasteiger partial charge in [0.25, 0.3) is 0 Å². The number of ether oxygens (including phenoxy) is 2. The van der Waals surface area contributed by atoms with Crippen molar-refractivity contribution in [3.63, 3.8) is 0 Å². The Kier molecular flexibility index (Phi) is 5.63. The summed E-state index contributed by atoms with van der Waals surface area (Å²) < 4.78 is 10.7. The number of carbonyl (C=O) groups excluding carboxylic acids is 1. The molecule has 1 aromatic carbocycles. The molecule has 3 rings (SSSR count). The lowest BCUT2D eigenvalue weighted by Gasteiger charge is -2.40. The van der Waals surface area contributed by atoms with Crippen molar-refractivity contribution in [3.8, 4) is 11.5 Å². The number of carbonyl (C=O) groups is 2. The highest BCUT2D eigenvalue weighted by molar-refractivity contribution is 5.98. The van der Waals surface area contributed by atoms with E-state index in [9.17, 15) is 14.7 Å². The zero-order valence-electron chi connectivity index (χ0n) is 17.0. The maximum absolute atomic E-state index is 13.5. The number of hydrogen-bond acceptors (Lipinski definition) is 5. The van der Waals surface area contributed by atoms with E-state index in [0.29, 0.717) is 17.2 Å². The molecule has 1 aliphatic rings. The van der Waals surface area contributed by atoms with Gasteiger partial charge in [-0.3, -0.25) is 14.7 Å². The Morgan fingerprint density at radius 3 is 2.41 bits per heavy atom. The van der Waals surface area contributed by atoms with Gasteiger partial charge in [0.2, 0.25) is 12.7 Å². The number of pyridine rings is 1. The van der Waals surface area contributed by atoms with Gasteiger partial charge in [-0.2, -0.15) is 0 Å². The van der Waals surface area contributed by atoms with Crippen molar-refractivity contribution in [2.75, 3.05) is 18.7 Å². The highest BCUT2D eigenvalue weighted by atomic mass is 16.7. The summed E-state index contributed by atoms with van der Waals surface area (Å²) in [6, 6.07) is 7.85. The zero-order chi connectivity index (χ0) is 21.2. The topological polar surface area (TPSA) is 92.2 Å². The summed E-state index contributed by atoms with van der Waals surface area (Å²) in [6.45, 7) is 5.45. The normalized spacial score (nSPS) is 13.7. The van der Waals surface area contributed by atoms with Crippen LogP contribution in [0.25, 0.3) is 0 Å². The van der Waals surface area contributed by atoms with Gasteiger partial charge >= 0.3 is 6.09 Å². The monoisotopic (exact) mass is 399 g/mol. The molecule has 0 spiro atoms. The van der Waals surface area contributed by atoms with Gasteiger partial charge in [0.15, 0.2) is 11.5 Å². The van der Waals surface area contributed by atoms with Crippen LogP contribution in [-0.4, -0.2) is 52.4 Å². The molecule has 1 aliphatic heterocycles. The van der Waals surface area contributed by atoms with E-state index in [4.69, 9.17) is 9.47 Å². The third-order valence-corrected chi connectivity index (χ3v) is 4.78. The van der Waals surface area contributed by atoms with Crippen LogP contribution < -0.4 is 14.4 Å². The van der Waals surface area contributed by atoms with E-state index in [2.05, 4.69) is 4.98 Å². The second-order valence-electron chi connectivity index (χ2n) is 7.83. The predicted molar refractivity (Wildman–Crippen MR) is 107 cm³/mol. The fraction of sp³-hybridized carbons (Fsp3) is 0.381. The van der Waals surface area contributed by atoms with Crippen molar-refractivity contribution < 1.29 is 24.2 Å². The molecule has 29 heavy (non-hydrogen) atoms. The lowest BCUT2D eigenvalue weighted by atomic mass is 9.98. The first-order chi connectivity index (χ1) is 13.7. The van der Waals surface area contributed by atoms with Gasteiger partial charge in [-0.05, 0) is 50.6 Å². The van der Waals surface area contributed by atoms with Gasteiger partial charge in [-0.25, -0.2) is 4.79 Å². The van der Waals surface area contributed by atoms with Crippen LogP contribution in [0.5, 0.6) is 11.5 Å². The van der Waals surface area contributed by atoms with E-state index in [1.54, 1.807) is 70.5 Å². The number of benzene rings is 1. The molecule has 2 aromatic rings. The van der Waals surface area contributed by atoms with Gasteiger partial charge in [0, 0.05) is 43.2 Å². The molecule has 0 fully saturated rings. The van der Waals surface area contributed by atoms with E-state index < -0.39 is 17.7 Å². The quantitative estimate of drug-likeness (QED) is 0.830. The van der Waals surface area contributed by atoms with Crippen molar-refractivity contribution in [2.24, 2.45) is 0 Å². The van der Waals surface area contributed by atoms with Crippen molar-refractivity contribution in [2.45, 2.75) is 38.8 Å². The SMILES string of the molecule is CN(C(=O)[C@H](Cc1ccncc1)N(C(=O)O)C(C)(C)C)c1ccc2c(c1)OCO2. The first-order valence-electron chi connectivity index (χ1n) is 9.27. The Morgan fingerprint density at radius 2 is 1.79 bits per heavy atom. The second kappa shape index (κ2) is 7.98. The molecule has 1 aromatic heterocycles. The number of hydrogen-bond donors (Lipinski definition) is 1. The highest BCUT2D eigenvalue weighted by Gasteiger charge is 2.39. The number of amides is 2. The summed E-state index contributed by atoms with van der Waals surface area (Å²) in [7, 11) is 1.63. The fourth-order valence-corrected chi connectivity index (χ4v) is 3.36. The average molecular weight is 399 g/mol. The number of rotatable bonds is 5. The van der Waals surface area contributed by atoms with Crippen LogP contribution in [0.2, 0.25) is 0 Å². The van der Waals surface area contributed by atoms with E-state index in [1.807, 2.05) is 0 Å². The van der Waals surface area contributed by atoms with Gasteiger partial charge in [0.05, 0.1) is 0 Å². The van der Waals surface area contributed by atoms with Crippen LogP contribution in [0.4, 0.5) is 10.5 Å². The average Bonchev–Trinajstić information content (AvgIpc) is 3.13. The minimum absolute atomic E-state index is 0.137. The molecule has 1 N–H and O–H groups in total. The van der Waals surface area contributed by atoms with Gasteiger partial charge in [-0.15, -0.1) is 0 Å². The van der Waals surface area contributed by atoms with Crippen molar-refractivity contribution in [1.82, 2.24) is 9.88 Å². The van der Waals surface area contributed by atoms with Gasteiger partial charge in [-0.1, -0.05) is 0 Å². The van der Waals surface area contributed by atoms with Gasteiger partial charge in [0.1, 0.15) is 6.04 Å². The van der Waals surface area contributed by atoms with Crippen LogP contribution >= 0.6 is 0 Å². The fourth-order valence-electron chi connectivity index (χ4n) is 3.36. The maximum Gasteiger partial charge on any atom is 0.408 e. The van der Waals surface area contributed by atoms with Crippen LogP contribution in [0.3, 0.4) is 0 Å². The van der Waals surface area contributed by atoms with E-state index in [0.717, 1.165) is 5.56 Å². The number of nitrogens with zero attached hydrogens (tertiary/aromatic N) is 3. The number of carboxylic acid groups (broad SMARTS) is 1. The molecule has 0 unspecified atom stereocenters. The summed E-state index contributed by atoms with van der Waals surface area (Å²) >= 11 is 0. The molecule has 0 bridgehead atoms. The Hall–Kier alpha value is -3.29. The van der Waals surface area contributed by atoms with E-state index in [1.165, 1.54) is 9.80 Å². The van der Waals surface area contributed by atoms with Crippen molar-refractivity contribution in [1.29, 1.82) is 0 Å². The van der Waals surface area contributed by atoms with Crippen LogP contribution in [0, 0.1) is 0 Å². The molecule has 0 saturated heterocycles. The zero-order valence-corrected chi connectivity index (χ0v) is 17.0. The summed E-state index contributed by atoms with van der Waals surface area (Å²) in [4.78, 5) is 32.2. The number of aromatic nitrogens is 1. The highest BCUT2D eigenvalue weighted by Crippen LogP contribution is 2.35. The third-order valence-electron chi connectivity index (χ3n) is 4.78. The predicted octanol–water partition coefficient (Wildman–Crippen LogP) is 3.16. The van der Waals surface area contributed by atoms with Crippen LogP contribution in [0.1, 0.15) is 26.3 Å². The number of anilines is 1. The Morgan fingerprint density at radius 1 is 1.14 bits per heavy atom. The Balaban J connectivity index is 1.95. The number of likely N-dealkylation sites (N-methyl/N-ethyl adjacent to an activating group) is 1. The smallest absolute Gasteiger partial charge is 0.408 e. The van der Waals surface area contributed by atoms with E-state index >= 15 is 0 Å². The minimum atomic E-state index is -1.15. The Labute approximate surface area is 169 Å². The van der Waals surface area contributed by atoms with E-state index in [-0.39, 0.29) is 19.1 Å². The Bertz CT molecular complexity index is 895. The molecule has 1 atom stereocenters. The summed E-state index contributed by atoms with van der Waals surface area (Å²) in [5.74, 6) is 0.835. The molecule has 154 valence electrons. The molecule has 2 amide bonds. The minimum Gasteiger partial charge on any atom is -0.465 e. The lowest BCUT2D eigenvalue weighted by Crippen LogP contribution is -2.58. The molecular weight excluding hydrogens is 374 g/mol. The summed E-state index contributed by atoms with van der Waals surface area (Å²) in [5.41, 5.74) is 0.653. The summed E-state index contributed by atoms with van der Waals surface area (Å²) in [5, 5.41) is 9.89.